The van der Waals surface area contributed by atoms with E-state index in [9.17, 15) is 4.79 Å². The summed E-state index contributed by atoms with van der Waals surface area (Å²) >= 11 is 0. The van der Waals surface area contributed by atoms with E-state index in [1.165, 1.54) is 17.7 Å². The van der Waals surface area contributed by atoms with Crippen LogP contribution in [-0.4, -0.2) is 28.2 Å². The quantitative estimate of drug-likeness (QED) is 0.878. The lowest BCUT2D eigenvalue weighted by atomic mass is 10.2. The van der Waals surface area contributed by atoms with E-state index in [4.69, 9.17) is 4.74 Å². The number of methoxy groups -OCH3 is 1. The number of nitrogens with zero attached hydrogens (tertiary/aromatic N) is 3. The maximum absolute atomic E-state index is 12.1. The summed E-state index contributed by atoms with van der Waals surface area (Å²) in [6.45, 7) is 5.14. The Labute approximate surface area is 123 Å². The van der Waals surface area contributed by atoms with Gasteiger partial charge >= 0.3 is 0 Å². The lowest BCUT2D eigenvalue weighted by Crippen LogP contribution is -2.23. The van der Waals surface area contributed by atoms with E-state index >= 15 is 0 Å². The van der Waals surface area contributed by atoms with Crippen molar-refractivity contribution >= 4 is 5.82 Å². The van der Waals surface area contributed by atoms with Crippen molar-refractivity contribution in [1.82, 2.24) is 14.5 Å². The summed E-state index contributed by atoms with van der Waals surface area (Å²) in [7, 11) is 1.51. The summed E-state index contributed by atoms with van der Waals surface area (Å²) < 4.78 is 6.70. The van der Waals surface area contributed by atoms with Crippen LogP contribution in [0, 0.1) is 6.92 Å². The molecule has 0 atom stereocenters. The highest BCUT2D eigenvalue weighted by Crippen LogP contribution is 2.11. The average molecular weight is 288 g/mol. The smallest absolute Gasteiger partial charge is 0.299 e. The summed E-state index contributed by atoms with van der Waals surface area (Å²) in [6.07, 6.45) is 2.76. The van der Waals surface area contributed by atoms with Crippen molar-refractivity contribution in [3.63, 3.8) is 0 Å². The molecule has 112 valence electrons. The Morgan fingerprint density at radius 1 is 1.38 bits per heavy atom. The predicted octanol–water partition coefficient (Wildman–Crippen LogP) is 1.83. The molecule has 0 spiro atoms. The van der Waals surface area contributed by atoms with Gasteiger partial charge in [0.15, 0.2) is 0 Å². The molecule has 2 aromatic rings. The fraction of sp³-hybridized carbons (Fsp3) is 0.400. The predicted molar refractivity (Wildman–Crippen MR) is 81.9 cm³/mol. The van der Waals surface area contributed by atoms with Gasteiger partial charge in [-0.15, -0.1) is 0 Å². The number of aromatic nitrogens is 3. The monoisotopic (exact) mass is 288 g/mol. The zero-order valence-corrected chi connectivity index (χ0v) is 12.6. The minimum atomic E-state index is -0.126. The molecule has 2 heterocycles. The molecule has 0 saturated heterocycles. The van der Waals surface area contributed by atoms with Crippen LogP contribution in [0.1, 0.15) is 24.6 Å². The second-order valence-corrected chi connectivity index (χ2v) is 4.78. The van der Waals surface area contributed by atoms with E-state index in [1.54, 1.807) is 13.1 Å². The molecule has 0 aliphatic rings. The van der Waals surface area contributed by atoms with Gasteiger partial charge in [-0.1, -0.05) is 6.92 Å². The molecule has 0 bridgehead atoms. The first kappa shape index (κ1) is 15.0. The molecule has 0 aliphatic heterocycles. The minimum absolute atomic E-state index is 0.126. The van der Waals surface area contributed by atoms with Crippen LogP contribution in [-0.2, 0) is 6.54 Å². The van der Waals surface area contributed by atoms with Crippen LogP contribution >= 0.6 is 0 Å². The molecule has 6 nitrogen and oxygen atoms in total. The lowest BCUT2D eigenvalue weighted by molar-refractivity contribution is 0.350. The Morgan fingerprint density at radius 3 is 2.90 bits per heavy atom. The molecule has 2 aromatic heterocycles. The van der Waals surface area contributed by atoms with Gasteiger partial charge in [0.25, 0.3) is 11.6 Å². The summed E-state index contributed by atoms with van der Waals surface area (Å²) in [5.41, 5.74) is 1.49. The van der Waals surface area contributed by atoms with E-state index in [0.29, 0.717) is 18.2 Å². The fourth-order valence-electron chi connectivity index (χ4n) is 2.00. The first-order valence-electron chi connectivity index (χ1n) is 6.95. The van der Waals surface area contributed by atoms with E-state index in [1.807, 2.05) is 12.1 Å². The van der Waals surface area contributed by atoms with Gasteiger partial charge in [0.2, 0.25) is 0 Å². The number of anilines is 1. The van der Waals surface area contributed by atoms with Crippen molar-refractivity contribution < 1.29 is 4.74 Å². The summed E-state index contributed by atoms with van der Waals surface area (Å²) in [6, 6.07) is 5.63. The highest BCUT2D eigenvalue weighted by atomic mass is 16.5. The van der Waals surface area contributed by atoms with Crippen molar-refractivity contribution in [1.29, 1.82) is 0 Å². The summed E-state index contributed by atoms with van der Waals surface area (Å²) in [5.74, 6) is 0.807. The standard InChI is InChI=1S/C15H20N4O2/c1-4-6-16-13-9-12(5-7-17-13)10-19-14(20)8-11(2)18-15(19)21-3/h5,7-9H,4,6,10H2,1-3H3,(H,16,17). The third-order valence-corrected chi connectivity index (χ3v) is 3.01. The number of hydrogen-bond donors (Lipinski definition) is 1. The van der Waals surface area contributed by atoms with Gasteiger partial charge in [-0.3, -0.25) is 9.36 Å². The number of hydrogen-bond acceptors (Lipinski definition) is 5. The van der Waals surface area contributed by atoms with Crippen LogP contribution < -0.4 is 15.6 Å². The van der Waals surface area contributed by atoms with Gasteiger partial charge in [-0.25, -0.2) is 9.97 Å². The van der Waals surface area contributed by atoms with Crippen LogP contribution in [0.15, 0.2) is 29.2 Å². The van der Waals surface area contributed by atoms with E-state index in [-0.39, 0.29) is 5.56 Å². The average Bonchev–Trinajstić information content (AvgIpc) is 2.48. The zero-order valence-electron chi connectivity index (χ0n) is 12.6. The molecule has 0 amide bonds. The molecule has 21 heavy (non-hydrogen) atoms. The maximum Gasteiger partial charge on any atom is 0.299 e. The third kappa shape index (κ3) is 3.81. The fourth-order valence-corrected chi connectivity index (χ4v) is 2.00. The van der Waals surface area contributed by atoms with Crippen molar-refractivity contribution in [2.75, 3.05) is 19.0 Å². The van der Waals surface area contributed by atoms with Gasteiger partial charge in [0.1, 0.15) is 5.82 Å². The minimum Gasteiger partial charge on any atom is -0.468 e. The Kier molecular flexibility index (Phi) is 4.92. The SMILES string of the molecule is CCCNc1cc(Cn2c(OC)nc(C)cc2=O)ccn1. The Bertz CT molecular complexity index is 667. The van der Waals surface area contributed by atoms with E-state index < -0.39 is 0 Å². The second kappa shape index (κ2) is 6.88. The molecule has 0 fully saturated rings. The molecule has 6 heteroatoms. The van der Waals surface area contributed by atoms with Crippen LogP contribution in [0.2, 0.25) is 0 Å². The number of ether oxygens (including phenoxy) is 1. The van der Waals surface area contributed by atoms with E-state index in [2.05, 4.69) is 22.2 Å². The number of rotatable bonds is 6. The first-order valence-corrected chi connectivity index (χ1v) is 6.95. The number of pyridine rings is 1. The molecule has 0 aromatic carbocycles. The van der Waals surface area contributed by atoms with Gasteiger partial charge in [0.05, 0.1) is 13.7 Å². The molecular weight excluding hydrogens is 268 g/mol. The van der Waals surface area contributed by atoms with Crippen molar-refractivity contribution in [3.8, 4) is 6.01 Å². The topological polar surface area (TPSA) is 69.0 Å². The molecule has 0 saturated carbocycles. The van der Waals surface area contributed by atoms with Crippen LogP contribution in [0.25, 0.3) is 0 Å². The molecule has 0 aliphatic carbocycles. The largest absolute Gasteiger partial charge is 0.468 e. The van der Waals surface area contributed by atoms with Crippen molar-refractivity contribution in [2.24, 2.45) is 0 Å². The normalized spacial score (nSPS) is 10.4. The van der Waals surface area contributed by atoms with E-state index in [0.717, 1.165) is 24.3 Å². The maximum atomic E-state index is 12.1. The molecular formula is C15H20N4O2. The number of nitrogens with one attached hydrogen (secondary N) is 1. The Balaban J connectivity index is 2.28. The van der Waals surface area contributed by atoms with Crippen LogP contribution in [0.5, 0.6) is 6.01 Å². The van der Waals surface area contributed by atoms with Gasteiger partial charge < -0.3 is 10.1 Å². The van der Waals surface area contributed by atoms with Gasteiger partial charge in [-0.2, -0.15) is 0 Å². The molecule has 0 unspecified atom stereocenters. The summed E-state index contributed by atoms with van der Waals surface area (Å²) in [4.78, 5) is 20.6. The van der Waals surface area contributed by atoms with Crippen LogP contribution in [0.3, 0.4) is 0 Å². The van der Waals surface area contributed by atoms with Crippen LogP contribution in [0.4, 0.5) is 5.82 Å². The molecule has 0 radical (unpaired) electrons. The van der Waals surface area contributed by atoms with Crippen molar-refractivity contribution in [2.45, 2.75) is 26.8 Å². The highest BCUT2D eigenvalue weighted by molar-refractivity contribution is 5.37. The third-order valence-electron chi connectivity index (χ3n) is 3.01. The number of aryl methyl sites for hydroxylation is 1. The molecule has 2 rings (SSSR count). The Morgan fingerprint density at radius 2 is 2.19 bits per heavy atom. The van der Waals surface area contributed by atoms with Gasteiger partial charge in [0, 0.05) is 24.5 Å². The van der Waals surface area contributed by atoms with Gasteiger partial charge in [-0.05, 0) is 31.0 Å². The first-order chi connectivity index (χ1) is 10.1. The lowest BCUT2D eigenvalue weighted by Gasteiger charge is -2.12. The zero-order chi connectivity index (χ0) is 15.2. The summed E-state index contributed by atoms with van der Waals surface area (Å²) in [5, 5.41) is 3.23. The van der Waals surface area contributed by atoms with Crippen molar-refractivity contribution in [3.05, 3.63) is 46.0 Å². The second-order valence-electron chi connectivity index (χ2n) is 4.78. The molecule has 1 N–H and O–H groups in total. The Hall–Kier alpha value is -2.37. The highest BCUT2D eigenvalue weighted by Gasteiger charge is 2.08.